The van der Waals surface area contributed by atoms with Gasteiger partial charge in [0.2, 0.25) is 0 Å². The summed E-state index contributed by atoms with van der Waals surface area (Å²) in [7, 11) is 3.19. The van der Waals surface area contributed by atoms with E-state index in [1.807, 2.05) is 31.2 Å². The van der Waals surface area contributed by atoms with Gasteiger partial charge in [-0.15, -0.1) is 0 Å². The molecule has 0 fully saturated rings. The fourth-order valence-corrected chi connectivity index (χ4v) is 2.53. The number of amides is 1. The van der Waals surface area contributed by atoms with E-state index in [2.05, 4.69) is 6.58 Å². The highest BCUT2D eigenvalue weighted by Crippen LogP contribution is 2.29. The predicted molar refractivity (Wildman–Crippen MR) is 102 cm³/mol. The van der Waals surface area contributed by atoms with Gasteiger partial charge in [0.1, 0.15) is 12.4 Å². The van der Waals surface area contributed by atoms with E-state index in [1.165, 1.54) is 0 Å². The van der Waals surface area contributed by atoms with E-state index in [4.69, 9.17) is 14.2 Å². The van der Waals surface area contributed by atoms with E-state index in [1.54, 1.807) is 43.4 Å². The summed E-state index contributed by atoms with van der Waals surface area (Å²) >= 11 is 0. The molecule has 5 heteroatoms. The molecule has 2 rings (SSSR count). The minimum atomic E-state index is -0.0584. The molecule has 0 N–H and O–H groups in total. The van der Waals surface area contributed by atoms with Crippen molar-refractivity contribution in [2.24, 2.45) is 0 Å². The number of nitrogens with zero attached hydrogens (tertiary/aromatic N) is 1. The fraction of sp³-hybridized carbons (Fsp3) is 0.286. The van der Waals surface area contributed by atoms with Gasteiger partial charge in [-0.25, -0.2) is 0 Å². The Balaban J connectivity index is 2.16. The molecule has 0 radical (unpaired) electrons. The van der Waals surface area contributed by atoms with Crippen molar-refractivity contribution in [2.45, 2.75) is 13.5 Å². The molecule has 0 saturated carbocycles. The molecule has 2 aromatic carbocycles. The zero-order chi connectivity index (χ0) is 18.9. The number of hydrogen-bond donors (Lipinski definition) is 0. The summed E-state index contributed by atoms with van der Waals surface area (Å²) in [6.45, 7) is 7.09. The van der Waals surface area contributed by atoms with Crippen LogP contribution in [0.25, 0.3) is 0 Å². The van der Waals surface area contributed by atoms with Crippen molar-refractivity contribution in [1.82, 2.24) is 4.90 Å². The molecule has 5 nitrogen and oxygen atoms in total. The zero-order valence-electron chi connectivity index (χ0n) is 15.5. The molecular weight excluding hydrogens is 330 g/mol. The second-order valence-corrected chi connectivity index (χ2v) is 5.63. The lowest BCUT2D eigenvalue weighted by atomic mass is 10.1. The lowest BCUT2D eigenvalue weighted by molar-refractivity contribution is 0.0752. The van der Waals surface area contributed by atoms with Gasteiger partial charge in [0.25, 0.3) is 5.91 Å². The first-order valence-electron chi connectivity index (χ1n) is 8.46. The summed E-state index contributed by atoms with van der Waals surface area (Å²) in [6, 6.07) is 12.9. The van der Waals surface area contributed by atoms with Gasteiger partial charge in [-0.3, -0.25) is 4.79 Å². The lowest BCUT2D eigenvalue weighted by Gasteiger charge is -2.22. The van der Waals surface area contributed by atoms with Crippen LogP contribution in [0.5, 0.6) is 17.2 Å². The van der Waals surface area contributed by atoms with Crippen LogP contribution in [0, 0.1) is 0 Å². The molecule has 0 aromatic heterocycles. The van der Waals surface area contributed by atoms with E-state index >= 15 is 0 Å². The summed E-state index contributed by atoms with van der Waals surface area (Å²) in [6.07, 6.45) is 1.66. The summed E-state index contributed by atoms with van der Waals surface area (Å²) < 4.78 is 16.1. The Labute approximate surface area is 154 Å². The first kappa shape index (κ1) is 19.4. The Morgan fingerprint density at radius 3 is 2.38 bits per heavy atom. The van der Waals surface area contributed by atoms with Crippen LogP contribution in [0.3, 0.4) is 0 Å². The Hall–Kier alpha value is -2.95. The molecule has 0 saturated heterocycles. The van der Waals surface area contributed by atoms with Gasteiger partial charge in [-0.1, -0.05) is 24.8 Å². The second-order valence-electron chi connectivity index (χ2n) is 5.63. The molecule has 0 aliphatic rings. The maximum atomic E-state index is 12.9. The largest absolute Gasteiger partial charge is 0.497 e. The summed E-state index contributed by atoms with van der Waals surface area (Å²) in [4.78, 5) is 14.7. The smallest absolute Gasteiger partial charge is 0.254 e. The van der Waals surface area contributed by atoms with Crippen LogP contribution >= 0.6 is 0 Å². The number of ether oxygens (including phenoxy) is 3. The van der Waals surface area contributed by atoms with Gasteiger partial charge >= 0.3 is 0 Å². The number of rotatable bonds is 9. The standard InChI is InChI=1S/C21H25NO4/c1-5-13-26-19-12-9-17(14-20(19)25-4)21(23)22(6-2)15-16-7-10-18(24-3)11-8-16/h5,7-12,14H,1,6,13,15H2,2-4H3. The summed E-state index contributed by atoms with van der Waals surface area (Å²) in [5.41, 5.74) is 1.60. The molecule has 138 valence electrons. The monoisotopic (exact) mass is 355 g/mol. The minimum absolute atomic E-state index is 0.0584. The lowest BCUT2D eigenvalue weighted by Crippen LogP contribution is -2.30. The van der Waals surface area contributed by atoms with E-state index in [0.29, 0.717) is 36.8 Å². The van der Waals surface area contributed by atoms with E-state index in [0.717, 1.165) is 11.3 Å². The van der Waals surface area contributed by atoms with Crippen molar-refractivity contribution in [1.29, 1.82) is 0 Å². The Morgan fingerprint density at radius 2 is 1.81 bits per heavy atom. The highest BCUT2D eigenvalue weighted by atomic mass is 16.5. The zero-order valence-corrected chi connectivity index (χ0v) is 15.5. The third kappa shape index (κ3) is 4.79. The highest BCUT2D eigenvalue weighted by Gasteiger charge is 2.17. The molecule has 0 spiro atoms. The van der Waals surface area contributed by atoms with Crippen LogP contribution in [0.2, 0.25) is 0 Å². The summed E-state index contributed by atoms with van der Waals surface area (Å²) in [5, 5.41) is 0. The first-order valence-corrected chi connectivity index (χ1v) is 8.46. The molecule has 0 atom stereocenters. The molecule has 26 heavy (non-hydrogen) atoms. The van der Waals surface area contributed by atoms with Crippen molar-refractivity contribution < 1.29 is 19.0 Å². The second kappa shape index (κ2) is 9.51. The molecule has 1 amide bonds. The van der Waals surface area contributed by atoms with Crippen molar-refractivity contribution in [3.05, 3.63) is 66.2 Å². The summed E-state index contributed by atoms with van der Waals surface area (Å²) in [5.74, 6) is 1.85. The predicted octanol–water partition coefficient (Wildman–Crippen LogP) is 3.93. The van der Waals surface area contributed by atoms with Crippen molar-refractivity contribution in [2.75, 3.05) is 27.4 Å². The van der Waals surface area contributed by atoms with Crippen LogP contribution in [0.15, 0.2) is 55.1 Å². The average Bonchev–Trinajstić information content (AvgIpc) is 2.70. The van der Waals surface area contributed by atoms with Crippen molar-refractivity contribution >= 4 is 5.91 Å². The van der Waals surface area contributed by atoms with Crippen molar-refractivity contribution in [3.8, 4) is 17.2 Å². The number of methoxy groups -OCH3 is 2. The van der Waals surface area contributed by atoms with E-state index < -0.39 is 0 Å². The SMILES string of the molecule is C=CCOc1ccc(C(=O)N(CC)Cc2ccc(OC)cc2)cc1OC. The number of benzene rings is 2. The van der Waals surface area contributed by atoms with Crippen LogP contribution in [-0.2, 0) is 6.54 Å². The van der Waals surface area contributed by atoms with Crippen molar-refractivity contribution in [3.63, 3.8) is 0 Å². The number of carbonyl (C=O) groups is 1. The Kier molecular flexibility index (Phi) is 7.09. The van der Waals surface area contributed by atoms with E-state index in [9.17, 15) is 4.79 Å². The molecule has 0 heterocycles. The number of hydrogen-bond acceptors (Lipinski definition) is 4. The normalized spacial score (nSPS) is 10.1. The van der Waals surface area contributed by atoms with Crippen LogP contribution in [0.1, 0.15) is 22.8 Å². The van der Waals surface area contributed by atoms with E-state index in [-0.39, 0.29) is 5.91 Å². The molecule has 0 bridgehead atoms. The van der Waals surface area contributed by atoms with Crippen LogP contribution in [0.4, 0.5) is 0 Å². The maximum Gasteiger partial charge on any atom is 0.254 e. The van der Waals surface area contributed by atoms with Gasteiger partial charge in [-0.05, 0) is 42.8 Å². The van der Waals surface area contributed by atoms with Gasteiger partial charge < -0.3 is 19.1 Å². The van der Waals surface area contributed by atoms with Gasteiger partial charge in [0.15, 0.2) is 11.5 Å². The quantitative estimate of drug-likeness (QED) is 0.640. The topological polar surface area (TPSA) is 48.0 Å². The van der Waals surface area contributed by atoms with Crippen LogP contribution < -0.4 is 14.2 Å². The molecule has 0 unspecified atom stereocenters. The van der Waals surface area contributed by atoms with Crippen LogP contribution in [-0.4, -0.2) is 38.2 Å². The number of carbonyl (C=O) groups excluding carboxylic acids is 1. The van der Waals surface area contributed by atoms with Gasteiger partial charge in [0.05, 0.1) is 14.2 Å². The third-order valence-corrected chi connectivity index (χ3v) is 3.97. The molecule has 2 aromatic rings. The first-order chi connectivity index (χ1) is 12.6. The highest BCUT2D eigenvalue weighted by molar-refractivity contribution is 5.94. The average molecular weight is 355 g/mol. The van der Waals surface area contributed by atoms with Gasteiger partial charge in [0, 0.05) is 18.7 Å². The Morgan fingerprint density at radius 1 is 1.08 bits per heavy atom. The third-order valence-electron chi connectivity index (χ3n) is 3.97. The molecule has 0 aliphatic carbocycles. The molecule has 0 aliphatic heterocycles. The minimum Gasteiger partial charge on any atom is -0.497 e. The fourth-order valence-electron chi connectivity index (χ4n) is 2.53. The Bertz CT molecular complexity index is 740. The molecular formula is C21H25NO4. The maximum absolute atomic E-state index is 12.9. The van der Waals surface area contributed by atoms with Gasteiger partial charge in [-0.2, -0.15) is 0 Å².